The maximum Gasteiger partial charge on any atom is 0.330 e. The van der Waals surface area contributed by atoms with Crippen LogP contribution < -0.4 is 11.2 Å². The van der Waals surface area contributed by atoms with Crippen LogP contribution in [0.2, 0.25) is 0 Å². The van der Waals surface area contributed by atoms with Gasteiger partial charge in [-0.05, 0) is 41.5 Å². The number of H-pyrrole nitrogens is 1. The number of esters is 1. The van der Waals surface area contributed by atoms with E-state index in [-0.39, 0.29) is 49.4 Å². The molecule has 3 rings (SSSR count). The third-order valence-electron chi connectivity index (χ3n) is 6.42. The summed E-state index contributed by atoms with van der Waals surface area (Å²) in [6.07, 6.45) is -1.13. The molecule has 200 valence electrons. The van der Waals surface area contributed by atoms with Crippen molar-refractivity contribution in [3.63, 3.8) is 0 Å². The molecule has 13 heteroatoms. The van der Waals surface area contributed by atoms with E-state index in [0.717, 1.165) is 0 Å². The van der Waals surface area contributed by atoms with Gasteiger partial charge in [0, 0.05) is 36.6 Å². The molecule has 1 unspecified atom stereocenters. The Morgan fingerprint density at radius 1 is 1.19 bits per heavy atom. The number of Topliss-reactive ketones (excluding diaryl/α,β-unsaturated/α-hetero) is 2. The Morgan fingerprint density at radius 3 is 2.44 bits per heavy atom. The number of hydrogen-bond acceptors (Lipinski definition) is 9. The van der Waals surface area contributed by atoms with Gasteiger partial charge in [0.2, 0.25) is 11.3 Å². The third-order valence-corrected chi connectivity index (χ3v) is 8.00. The Morgan fingerprint density at radius 2 is 1.86 bits per heavy atom. The van der Waals surface area contributed by atoms with Crippen molar-refractivity contribution < 1.29 is 32.2 Å². The Labute approximate surface area is 211 Å². The molecule has 4 atom stereocenters. The SMILES string of the molecule is CC(=O)CCC(=O)O[C@H]1C[C@H](n2cc(C)c(=O)[nH]c2=O)O[C@@H]1COS(=O)N1C(C)(C)CC(=O)C1(C)C. The Balaban J connectivity index is 1.78. The van der Waals surface area contributed by atoms with Crippen LogP contribution in [0, 0.1) is 6.92 Å². The van der Waals surface area contributed by atoms with E-state index in [1.54, 1.807) is 27.7 Å². The second kappa shape index (κ2) is 10.5. The summed E-state index contributed by atoms with van der Waals surface area (Å²) in [5.41, 5.74) is -2.64. The zero-order chi connectivity index (χ0) is 27.0. The molecule has 12 nitrogen and oxygen atoms in total. The van der Waals surface area contributed by atoms with Gasteiger partial charge in [0.15, 0.2) is 5.78 Å². The largest absolute Gasteiger partial charge is 0.459 e. The summed E-state index contributed by atoms with van der Waals surface area (Å²) in [5.74, 6) is -0.849. The smallest absolute Gasteiger partial charge is 0.330 e. The van der Waals surface area contributed by atoms with E-state index in [2.05, 4.69) is 4.98 Å². The van der Waals surface area contributed by atoms with Gasteiger partial charge < -0.3 is 14.3 Å². The summed E-state index contributed by atoms with van der Waals surface area (Å²) in [6, 6.07) is 0. The van der Waals surface area contributed by atoms with Crippen LogP contribution in [0.3, 0.4) is 0 Å². The van der Waals surface area contributed by atoms with Gasteiger partial charge in [-0.3, -0.25) is 28.1 Å². The summed E-state index contributed by atoms with van der Waals surface area (Å²) in [5, 5.41) is 0. The van der Waals surface area contributed by atoms with Crippen LogP contribution in [0.5, 0.6) is 0 Å². The van der Waals surface area contributed by atoms with E-state index in [4.69, 9.17) is 13.7 Å². The molecule has 0 spiro atoms. The average molecular weight is 528 g/mol. The van der Waals surface area contributed by atoms with Crippen LogP contribution in [0.4, 0.5) is 0 Å². The maximum absolute atomic E-state index is 13.1. The minimum Gasteiger partial charge on any atom is -0.459 e. The van der Waals surface area contributed by atoms with Crippen molar-refractivity contribution in [3.8, 4) is 0 Å². The summed E-state index contributed by atoms with van der Waals surface area (Å²) in [6.45, 7) is 9.59. The number of nitrogens with zero attached hydrogens (tertiary/aromatic N) is 2. The highest BCUT2D eigenvalue weighted by Crippen LogP contribution is 2.40. The van der Waals surface area contributed by atoms with Crippen molar-refractivity contribution in [2.75, 3.05) is 6.61 Å². The lowest BCUT2D eigenvalue weighted by Gasteiger charge is -2.36. The molecule has 1 N–H and O–H groups in total. The molecular formula is C23H33N3O9S. The number of carbonyl (C=O) groups is 3. The number of aromatic nitrogens is 2. The lowest BCUT2D eigenvalue weighted by atomic mass is 9.99. The van der Waals surface area contributed by atoms with Crippen LogP contribution >= 0.6 is 0 Å². The molecule has 0 radical (unpaired) electrons. The molecule has 2 saturated heterocycles. The normalized spacial score (nSPS) is 26.2. The minimum absolute atomic E-state index is 0.0206. The molecule has 36 heavy (non-hydrogen) atoms. The predicted molar refractivity (Wildman–Crippen MR) is 128 cm³/mol. The van der Waals surface area contributed by atoms with Gasteiger partial charge in [0.1, 0.15) is 24.2 Å². The fraction of sp³-hybridized carbons (Fsp3) is 0.696. The summed E-state index contributed by atoms with van der Waals surface area (Å²) >= 11 is -2.02. The first-order valence-corrected chi connectivity index (χ1v) is 12.7. The number of hydrogen-bond donors (Lipinski definition) is 1. The molecule has 0 aromatic carbocycles. The maximum atomic E-state index is 13.1. The highest BCUT2D eigenvalue weighted by atomic mass is 32.2. The highest BCUT2D eigenvalue weighted by molar-refractivity contribution is 7.77. The number of nitrogens with one attached hydrogen (secondary N) is 1. The summed E-state index contributed by atoms with van der Waals surface area (Å²) < 4.78 is 32.9. The summed E-state index contributed by atoms with van der Waals surface area (Å²) in [7, 11) is 0. The van der Waals surface area contributed by atoms with Gasteiger partial charge in [-0.2, -0.15) is 4.31 Å². The molecule has 3 heterocycles. The van der Waals surface area contributed by atoms with Crippen LogP contribution in [0.25, 0.3) is 0 Å². The first-order valence-electron chi connectivity index (χ1n) is 11.7. The third kappa shape index (κ3) is 5.90. The molecule has 1 aromatic heterocycles. The monoisotopic (exact) mass is 527 g/mol. The predicted octanol–water partition coefficient (Wildman–Crippen LogP) is 0.841. The molecule has 2 fully saturated rings. The average Bonchev–Trinajstić information content (AvgIpc) is 3.21. The lowest BCUT2D eigenvalue weighted by Crippen LogP contribution is -2.51. The zero-order valence-electron chi connectivity index (χ0n) is 21.3. The Bertz CT molecular complexity index is 1190. The standard InChI is InChI=1S/C23H33N3O9S/c1-13-11-25(21(31)24-20(13)30)18-9-15(35-19(29)8-7-14(2)27)16(34-18)12-33-36(32)26-22(3,4)10-17(28)23(26,5)6/h11,15-16,18H,7-10,12H2,1-6H3,(H,24,30,31)/t15-,16+,18+,36?/m0/s1. The van der Waals surface area contributed by atoms with E-state index in [1.807, 2.05) is 0 Å². The molecule has 0 bridgehead atoms. The number of rotatable bonds is 9. The van der Waals surface area contributed by atoms with Gasteiger partial charge in [0.05, 0.1) is 18.6 Å². The van der Waals surface area contributed by atoms with Gasteiger partial charge >= 0.3 is 11.7 Å². The number of carbonyl (C=O) groups excluding carboxylic acids is 3. The number of aryl methyl sites for hydroxylation is 1. The van der Waals surface area contributed by atoms with Gasteiger partial charge in [-0.25, -0.2) is 9.00 Å². The first-order chi connectivity index (χ1) is 16.6. The zero-order valence-corrected chi connectivity index (χ0v) is 22.1. The fourth-order valence-corrected chi connectivity index (χ4v) is 5.87. The van der Waals surface area contributed by atoms with Crippen molar-refractivity contribution in [2.24, 2.45) is 0 Å². The van der Waals surface area contributed by atoms with Crippen LogP contribution in [0.15, 0.2) is 15.8 Å². The molecule has 0 aliphatic carbocycles. The van der Waals surface area contributed by atoms with Crippen LogP contribution in [0.1, 0.15) is 72.1 Å². The van der Waals surface area contributed by atoms with Crippen LogP contribution in [-0.2, 0) is 39.3 Å². The Kier molecular flexibility index (Phi) is 8.18. The van der Waals surface area contributed by atoms with Gasteiger partial charge in [-0.1, -0.05) is 0 Å². The molecule has 1 aromatic rings. The number of ketones is 2. The molecule has 0 amide bonds. The van der Waals surface area contributed by atoms with Crippen molar-refractivity contribution in [2.45, 2.75) is 96.7 Å². The van der Waals surface area contributed by atoms with Crippen molar-refractivity contribution >= 4 is 28.8 Å². The molecule has 2 aliphatic heterocycles. The van der Waals surface area contributed by atoms with E-state index >= 15 is 0 Å². The van der Waals surface area contributed by atoms with Crippen molar-refractivity contribution in [1.29, 1.82) is 0 Å². The highest BCUT2D eigenvalue weighted by Gasteiger charge is 2.54. The molecule has 0 saturated carbocycles. The topological polar surface area (TPSA) is 154 Å². The first kappa shape index (κ1) is 28.1. The minimum atomic E-state index is -2.02. The van der Waals surface area contributed by atoms with E-state index in [9.17, 15) is 28.2 Å². The van der Waals surface area contributed by atoms with Crippen molar-refractivity contribution in [1.82, 2.24) is 13.9 Å². The second-order valence-corrected chi connectivity index (χ2v) is 11.4. The lowest BCUT2D eigenvalue weighted by molar-refractivity contribution is -0.153. The fourth-order valence-electron chi connectivity index (χ4n) is 4.57. The van der Waals surface area contributed by atoms with Crippen molar-refractivity contribution in [3.05, 3.63) is 32.6 Å². The van der Waals surface area contributed by atoms with E-state index in [0.29, 0.717) is 0 Å². The second-order valence-electron chi connectivity index (χ2n) is 10.3. The van der Waals surface area contributed by atoms with E-state index < -0.39 is 58.0 Å². The van der Waals surface area contributed by atoms with Crippen LogP contribution in [-0.4, -0.2) is 65.5 Å². The quantitative estimate of drug-likeness (QED) is 0.460. The Hall–Kier alpha value is -2.48. The number of aromatic amines is 1. The van der Waals surface area contributed by atoms with E-state index in [1.165, 1.54) is 28.9 Å². The number of ether oxygens (including phenoxy) is 2. The van der Waals surface area contributed by atoms with Gasteiger partial charge in [-0.15, -0.1) is 0 Å². The molecular weight excluding hydrogens is 494 g/mol. The summed E-state index contributed by atoms with van der Waals surface area (Å²) in [4.78, 5) is 62.3. The molecule has 2 aliphatic rings. The van der Waals surface area contributed by atoms with Gasteiger partial charge in [0.25, 0.3) is 5.56 Å².